The van der Waals surface area contributed by atoms with Gasteiger partial charge in [0, 0.05) is 66.5 Å². The van der Waals surface area contributed by atoms with Gasteiger partial charge in [0.2, 0.25) is 0 Å². The molecule has 0 amide bonds. The standard InChI is InChI=1S/C96H74N2O2/c1-57-47-59-23-31-65(49-59)95(57)87-19-9-5-15-77(87)79-45-39-71(55-89(79)95)97(67-33-25-61(26-34-67)63-29-41-83-81-17-7-11-21-91(81)99-93(83)51-63)69-37-43-75-76-44-38-70(54-86(76)74-14-4-3-13-73(74)85(75)53-69)98(68-35-27-62(28-36-68)64-30-42-84-82-18-8-12-22-92(82)100-94(84)52-64)72-40-46-80-78-16-6-10-20-88(78)96(90(80)56-72)58(2)48-60-24-32-66(96)50-60/h3-22,25-30,33-46,51-60,65-66H,23-24,31-32,47-50H2,1-2H3/t57-,58-,59+,60+,65+,66+,95?,96?/m1/s1. The minimum atomic E-state index is -0.0232. The highest BCUT2D eigenvalue weighted by Crippen LogP contribution is 2.68. The molecular formula is C96H74N2O2. The first-order valence-corrected chi connectivity index (χ1v) is 36.8. The van der Waals surface area contributed by atoms with Crippen molar-refractivity contribution < 1.29 is 8.83 Å². The third kappa shape index (κ3) is 7.99. The van der Waals surface area contributed by atoms with Crippen molar-refractivity contribution >= 4 is 110 Å². The molecule has 4 heteroatoms. The maximum Gasteiger partial charge on any atom is 0.136 e. The van der Waals surface area contributed by atoms with Crippen molar-refractivity contribution in [2.45, 2.75) is 76.0 Å². The Bertz CT molecular complexity index is 5720. The summed E-state index contributed by atoms with van der Waals surface area (Å²) in [5, 5.41) is 12.0. The van der Waals surface area contributed by atoms with Crippen molar-refractivity contribution in [3.63, 3.8) is 0 Å². The van der Waals surface area contributed by atoms with Gasteiger partial charge in [0.15, 0.2) is 0 Å². The molecule has 6 aliphatic carbocycles. The van der Waals surface area contributed by atoms with E-state index in [0.717, 1.165) is 101 Å². The van der Waals surface area contributed by atoms with Gasteiger partial charge in [0.1, 0.15) is 22.3 Å². The normalized spacial score (nSPS) is 22.3. The molecule has 8 atom stereocenters. The van der Waals surface area contributed by atoms with Crippen LogP contribution in [0.1, 0.15) is 87.5 Å². The number of furan rings is 2. The molecule has 0 radical (unpaired) electrons. The van der Waals surface area contributed by atoms with Crippen LogP contribution in [0.2, 0.25) is 0 Å². The summed E-state index contributed by atoms with van der Waals surface area (Å²) in [7, 11) is 0. The molecule has 2 unspecified atom stereocenters. The lowest BCUT2D eigenvalue weighted by atomic mass is 9.56. The summed E-state index contributed by atoms with van der Waals surface area (Å²) in [4.78, 5) is 5.10. The van der Waals surface area contributed by atoms with E-state index in [1.54, 1.807) is 11.1 Å². The van der Waals surface area contributed by atoms with Crippen LogP contribution in [-0.2, 0) is 10.8 Å². The van der Waals surface area contributed by atoms with Gasteiger partial charge in [-0.05, 0) is 282 Å². The predicted octanol–water partition coefficient (Wildman–Crippen LogP) is 26.7. The van der Waals surface area contributed by atoms with Gasteiger partial charge in [-0.2, -0.15) is 0 Å². The molecule has 22 rings (SSSR count). The van der Waals surface area contributed by atoms with E-state index in [1.807, 2.05) is 12.1 Å². The van der Waals surface area contributed by atoms with Crippen LogP contribution in [0.5, 0.6) is 0 Å². The Kier molecular flexibility index (Phi) is 12.1. The van der Waals surface area contributed by atoms with Crippen molar-refractivity contribution in [1.82, 2.24) is 0 Å². The third-order valence-corrected chi connectivity index (χ3v) is 26.0. The second kappa shape index (κ2) is 21.3. The minimum Gasteiger partial charge on any atom is -0.456 e. The summed E-state index contributed by atoms with van der Waals surface area (Å²) in [5.41, 5.74) is 26.9. The molecule has 4 fully saturated rings. The number of hydrogen-bond donors (Lipinski definition) is 0. The molecule has 2 heterocycles. The van der Waals surface area contributed by atoms with Crippen LogP contribution < -0.4 is 9.80 Å². The average Bonchev–Trinajstić information content (AvgIpc) is 1.52. The van der Waals surface area contributed by atoms with Gasteiger partial charge in [0.25, 0.3) is 0 Å². The lowest BCUT2D eigenvalue weighted by Gasteiger charge is -2.47. The molecule has 4 saturated carbocycles. The number of anilines is 6. The van der Waals surface area contributed by atoms with Gasteiger partial charge in [-0.1, -0.05) is 197 Å². The summed E-state index contributed by atoms with van der Waals surface area (Å²) in [6.45, 7) is 5.15. The summed E-state index contributed by atoms with van der Waals surface area (Å²) in [6, 6.07) is 106. The van der Waals surface area contributed by atoms with E-state index in [4.69, 9.17) is 8.83 Å². The Morgan fingerprint density at radius 3 is 1.06 bits per heavy atom. The maximum absolute atomic E-state index is 6.44. The maximum atomic E-state index is 6.44. The van der Waals surface area contributed by atoms with E-state index in [9.17, 15) is 0 Å². The number of hydrogen-bond acceptors (Lipinski definition) is 4. The number of benzene rings is 14. The van der Waals surface area contributed by atoms with Crippen LogP contribution >= 0.6 is 0 Å². The highest BCUT2D eigenvalue weighted by atomic mass is 16.3. The molecule has 2 aromatic heterocycles. The van der Waals surface area contributed by atoms with Crippen LogP contribution in [0.25, 0.3) is 121 Å². The van der Waals surface area contributed by atoms with Crippen molar-refractivity contribution in [3.8, 4) is 44.5 Å². The lowest BCUT2D eigenvalue weighted by molar-refractivity contribution is 0.162. The molecule has 4 nitrogen and oxygen atoms in total. The monoisotopic (exact) mass is 1290 g/mol. The quantitative estimate of drug-likeness (QED) is 0.142. The molecule has 16 aromatic rings. The van der Waals surface area contributed by atoms with Crippen LogP contribution in [0.4, 0.5) is 34.1 Å². The topological polar surface area (TPSA) is 32.8 Å². The van der Waals surface area contributed by atoms with Crippen LogP contribution in [0.3, 0.4) is 0 Å². The molecule has 0 N–H and O–H groups in total. The molecular weight excluding hydrogens is 1210 g/mol. The Balaban J connectivity index is 0.703. The minimum absolute atomic E-state index is 0.0232. The van der Waals surface area contributed by atoms with Crippen LogP contribution in [0.15, 0.2) is 288 Å². The number of para-hydroxylation sites is 2. The summed E-state index contributed by atoms with van der Waals surface area (Å²) < 4.78 is 12.9. The summed E-state index contributed by atoms with van der Waals surface area (Å²) in [6.07, 6.45) is 10.5. The third-order valence-electron chi connectivity index (χ3n) is 26.0. The zero-order valence-corrected chi connectivity index (χ0v) is 56.4. The number of fused-ring (bicyclic) bond motifs is 28. The van der Waals surface area contributed by atoms with Gasteiger partial charge >= 0.3 is 0 Å². The molecule has 4 bridgehead atoms. The fourth-order valence-corrected chi connectivity index (χ4v) is 22.0. The summed E-state index contributed by atoms with van der Waals surface area (Å²) in [5.74, 6) is 3.98. The lowest BCUT2D eigenvalue weighted by Crippen LogP contribution is -2.43. The zero-order valence-electron chi connectivity index (χ0n) is 56.4. The van der Waals surface area contributed by atoms with Gasteiger partial charge in [-0.3, -0.25) is 0 Å². The first-order valence-electron chi connectivity index (χ1n) is 36.8. The largest absolute Gasteiger partial charge is 0.456 e. The molecule has 0 saturated heterocycles. The number of rotatable bonds is 8. The van der Waals surface area contributed by atoms with Crippen molar-refractivity contribution in [2.75, 3.05) is 9.80 Å². The molecule has 0 aliphatic heterocycles. The zero-order chi connectivity index (χ0) is 65.7. The smallest absolute Gasteiger partial charge is 0.136 e. The first-order chi connectivity index (χ1) is 49.3. The van der Waals surface area contributed by atoms with E-state index in [1.165, 1.54) is 128 Å². The van der Waals surface area contributed by atoms with Crippen molar-refractivity contribution in [1.29, 1.82) is 0 Å². The molecule has 100 heavy (non-hydrogen) atoms. The van der Waals surface area contributed by atoms with Crippen molar-refractivity contribution in [3.05, 3.63) is 301 Å². The molecule has 14 aromatic carbocycles. The van der Waals surface area contributed by atoms with E-state index >= 15 is 0 Å². The Hall–Kier alpha value is -10.9. The predicted molar refractivity (Wildman–Crippen MR) is 415 cm³/mol. The highest BCUT2D eigenvalue weighted by molar-refractivity contribution is 6.26. The number of nitrogens with zero attached hydrogens (tertiary/aromatic N) is 2. The Morgan fingerprint density at radius 2 is 0.600 bits per heavy atom. The van der Waals surface area contributed by atoms with Gasteiger partial charge in [0.05, 0.1) is 0 Å². The Labute approximate surface area is 582 Å². The van der Waals surface area contributed by atoms with Gasteiger partial charge in [-0.25, -0.2) is 0 Å². The second-order valence-corrected chi connectivity index (χ2v) is 30.7. The molecule has 6 aliphatic rings. The van der Waals surface area contributed by atoms with E-state index in [2.05, 4.69) is 291 Å². The van der Waals surface area contributed by atoms with E-state index < -0.39 is 0 Å². The Morgan fingerprint density at radius 1 is 0.260 bits per heavy atom. The first kappa shape index (κ1) is 57.0. The van der Waals surface area contributed by atoms with Gasteiger partial charge < -0.3 is 18.6 Å². The second-order valence-electron chi connectivity index (χ2n) is 30.7. The summed E-state index contributed by atoms with van der Waals surface area (Å²) >= 11 is 0. The fourth-order valence-electron chi connectivity index (χ4n) is 22.0. The van der Waals surface area contributed by atoms with Crippen molar-refractivity contribution in [2.24, 2.45) is 35.5 Å². The average molecular weight is 1290 g/mol. The molecule has 480 valence electrons. The van der Waals surface area contributed by atoms with Crippen LogP contribution in [-0.4, -0.2) is 0 Å². The highest BCUT2D eigenvalue weighted by Gasteiger charge is 2.58. The van der Waals surface area contributed by atoms with Gasteiger partial charge in [-0.15, -0.1) is 0 Å². The van der Waals surface area contributed by atoms with E-state index in [0.29, 0.717) is 23.7 Å². The van der Waals surface area contributed by atoms with Crippen LogP contribution in [0, 0.1) is 35.5 Å². The van der Waals surface area contributed by atoms with E-state index in [-0.39, 0.29) is 10.8 Å². The fraction of sp³-hybridized carbons (Fsp3) is 0.188. The molecule has 2 spiro atoms. The SMILES string of the molecule is C[C@@H]1C[C@@H]2CC[C@@H](C2)C12c1ccccc1-c1ccc(N(c3ccc(-c4ccc5c(c4)oc4ccccc45)cc3)c3ccc4c5ccc(N(c6ccc(-c7ccc8c(c7)oc7ccccc78)cc6)c6ccc7c(c6)C6(c8ccccc8-7)[C@H]7CC[C@H](C7)C[C@H]6C)cc5c5ccccc5c4c3)cc12.